The van der Waals surface area contributed by atoms with E-state index in [2.05, 4.69) is 36.6 Å². The first kappa shape index (κ1) is 14.0. The average Bonchev–Trinajstić information content (AvgIpc) is 2.71. The predicted octanol–water partition coefficient (Wildman–Crippen LogP) is 4.38. The zero-order valence-corrected chi connectivity index (χ0v) is 14.1. The zero-order chi connectivity index (χ0) is 13.3. The van der Waals surface area contributed by atoms with Gasteiger partial charge in [0.1, 0.15) is 4.21 Å². The Bertz CT molecular complexity index is 680. The Morgan fingerprint density at radius 2 is 1.89 bits per heavy atom. The molecule has 1 aromatic carbocycles. The summed E-state index contributed by atoms with van der Waals surface area (Å²) in [4.78, 5) is 0. The van der Waals surface area contributed by atoms with Gasteiger partial charge in [-0.1, -0.05) is 22.0 Å². The average molecular weight is 411 g/mol. The molecule has 1 aromatic heterocycles. The Morgan fingerprint density at radius 3 is 2.50 bits per heavy atom. The van der Waals surface area contributed by atoms with Gasteiger partial charge in [-0.2, -0.15) is 0 Å². The van der Waals surface area contributed by atoms with Gasteiger partial charge in [0.05, 0.1) is 9.47 Å². The van der Waals surface area contributed by atoms with Crippen molar-refractivity contribution in [3.05, 3.63) is 44.2 Å². The molecule has 96 valence electrons. The molecule has 0 aliphatic rings. The molecule has 0 bridgehead atoms. The smallest absolute Gasteiger partial charge is 0.271 e. The van der Waals surface area contributed by atoms with E-state index in [0.717, 1.165) is 13.8 Å². The highest BCUT2D eigenvalue weighted by Crippen LogP contribution is 2.29. The van der Waals surface area contributed by atoms with Crippen molar-refractivity contribution in [2.45, 2.75) is 11.1 Å². The molecule has 0 spiro atoms. The quantitative estimate of drug-likeness (QED) is 0.815. The van der Waals surface area contributed by atoms with E-state index in [1.807, 2.05) is 19.1 Å². The van der Waals surface area contributed by atoms with Crippen LogP contribution in [0.25, 0.3) is 0 Å². The first-order valence-electron chi connectivity index (χ1n) is 4.93. The summed E-state index contributed by atoms with van der Waals surface area (Å²) < 4.78 is 28.8. The van der Waals surface area contributed by atoms with Gasteiger partial charge in [0.2, 0.25) is 0 Å². The van der Waals surface area contributed by atoms with Gasteiger partial charge in [0, 0.05) is 4.47 Å². The van der Waals surface area contributed by atoms with Crippen molar-refractivity contribution in [3.63, 3.8) is 0 Å². The van der Waals surface area contributed by atoms with Crippen molar-refractivity contribution in [1.82, 2.24) is 0 Å². The number of hydrogen-bond acceptors (Lipinski definition) is 3. The molecule has 0 unspecified atom stereocenters. The lowest BCUT2D eigenvalue weighted by atomic mass is 10.2. The lowest BCUT2D eigenvalue weighted by Gasteiger charge is -2.09. The van der Waals surface area contributed by atoms with Crippen LogP contribution < -0.4 is 4.72 Å². The van der Waals surface area contributed by atoms with Crippen LogP contribution >= 0.6 is 43.2 Å². The number of nitrogens with one attached hydrogen (secondary N) is 1. The molecule has 3 nitrogen and oxygen atoms in total. The number of anilines is 1. The van der Waals surface area contributed by atoms with E-state index >= 15 is 0 Å². The van der Waals surface area contributed by atoms with Crippen LogP contribution in [-0.2, 0) is 10.0 Å². The molecule has 2 rings (SSSR count). The largest absolute Gasteiger partial charge is 0.279 e. The number of thiophene rings is 1. The molecule has 1 N–H and O–H groups in total. The minimum Gasteiger partial charge on any atom is -0.279 e. The summed E-state index contributed by atoms with van der Waals surface area (Å²) in [5.74, 6) is 0. The van der Waals surface area contributed by atoms with Gasteiger partial charge in [-0.15, -0.1) is 11.3 Å². The lowest BCUT2D eigenvalue weighted by Crippen LogP contribution is -2.12. The molecule has 0 amide bonds. The molecule has 0 saturated heterocycles. The molecular weight excluding hydrogens is 402 g/mol. The molecule has 7 heteroatoms. The van der Waals surface area contributed by atoms with Crippen LogP contribution in [-0.4, -0.2) is 8.42 Å². The van der Waals surface area contributed by atoms with Crippen molar-refractivity contribution >= 4 is 58.9 Å². The number of aryl methyl sites for hydroxylation is 1. The third kappa shape index (κ3) is 3.14. The second-order valence-corrected chi connectivity index (χ2v) is 8.91. The van der Waals surface area contributed by atoms with Crippen molar-refractivity contribution in [1.29, 1.82) is 0 Å². The Hall–Kier alpha value is -0.370. The summed E-state index contributed by atoms with van der Waals surface area (Å²) in [5, 5.41) is 0. The Morgan fingerprint density at radius 1 is 1.17 bits per heavy atom. The van der Waals surface area contributed by atoms with E-state index in [-0.39, 0.29) is 4.21 Å². The highest BCUT2D eigenvalue weighted by molar-refractivity contribution is 9.11. The lowest BCUT2D eigenvalue weighted by molar-refractivity contribution is 0.603. The number of rotatable bonds is 3. The predicted molar refractivity (Wildman–Crippen MR) is 81.7 cm³/mol. The Labute approximate surface area is 127 Å². The fraction of sp³-hybridized carbons (Fsp3) is 0.0909. The van der Waals surface area contributed by atoms with E-state index in [1.165, 1.54) is 11.3 Å². The number of sulfonamides is 1. The summed E-state index contributed by atoms with van der Waals surface area (Å²) >= 11 is 7.76. The summed E-state index contributed by atoms with van der Waals surface area (Å²) in [6.45, 7) is 1.86. The fourth-order valence-corrected chi connectivity index (χ4v) is 4.83. The van der Waals surface area contributed by atoms with Gasteiger partial charge in [0.15, 0.2) is 0 Å². The topological polar surface area (TPSA) is 46.2 Å². The zero-order valence-electron chi connectivity index (χ0n) is 9.28. The van der Waals surface area contributed by atoms with Gasteiger partial charge in [0.25, 0.3) is 10.0 Å². The van der Waals surface area contributed by atoms with Gasteiger partial charge in [-0.05, 0) is 52.7 Å². The normalized spacial score (nSPS) is 11.5. The van der Waals surface area contributed by atoms with Crippen LogP contribution in [0.3, 0.4) is 0 Å². The van der Waals surface area contributed by atoms with Crippen molar-refractivity contribution in [3.8, 4) is 0 Å². The number of hydrogen-bond donors (Lipinski definition) is 1. The molecule has 0 atom stereocenters. The van der Waals surface area contributed by atoms with E-state index in [1.54, 1.807) is 18.2 Å². The van der Waals surface area contributed by atoms with Crippen molar-refractivity contribution in [2.75, 3.05) is 4.72 Å². The molecule has 0 saturated carbocycles. The molecular formula is C11H9Br2NO2S2. The molecule has 1 heterocycles. The summed E-state index contributed by atoms with van der Waals surface area (Å²) in [6, 6.07) is 8.76. The van der Waals surface area contributed by atoms with Crippen molar-refractivity contribution < 1.29 is 8.42 Å². The summed E-state index contributed by atoms with van der Waals surface area (Å²) in [7, 11) is -3.51. The SMILES string of the molecule is Cc1ccc(Br)cc1NS(=O)(=O)c1ccc(Br)s1. The standard InChI is InChI=1S/C11H9Br2NO2S2/c1-7-2-3-8(12)6-9(7)14-18(15,16)11-5-4-10(13)17-11/h2-6,14H,1H3. The molecule has 0 aliphatic heterocycles. The van der Waals surface area contributed by atoms with Crippen LogP contribution in [0.2, 0.25) is 0 Å². The van der Waals surface area contributed by atoms with Crippen LogP contribution in [0, 0.1) is 6.92 Å². The van der Waals surface area contributed by atoms with Crippen LogP contribution in [0.5, 0.6) is 0 Å². The van der Waals surface area contributed by atoms with E-state index < -0.39 is 10.0 Å². The minimum absolute atomic E-state index is 0.286. The monoisotopic (exact) mass is 409 g/mol. The van der Waals surface area contributed by atoms with Crippen LogP contribution in [0.4, 0.5) is 5.69 Å². The number of benzene rings is 1. The molecule has 0 aliphatic carbocycles. The maximum absolute atomic E-state index is 12.1. The van der Waals surface area contributed by atoms with Crippen molar-refractivity contribution in [2.24, 2.45) is 0 Å². The molecule has 18 heavy (non-hydrogen) atoms. The Balaban J connectivity index is 2.36. The van der Waals surface area contributed by atoms with Gasteiger partial charge >= 0.3 is 0 Å². The highest BCUT2D eigenvalue weighted by Gasteiger charge is 2.17. The molecule has 0 radical (unpaired) electrons. The third-order valence-corrected chi connectivity index (χ3v) is 6.23. The molecule has 0 fully saturated rings. The maximum Gasteiger partial charge on any atom is 0.271 e. The van der Waals surface area contributed by atoms with E-state index in [9.17, 15) is 8.42 Å². The first-order chi connectivity index (χ1) is 8.38. The summed E-state index contributed by atoms with van der Waals surface area (Å²) in [5.41, 5.74) is 1.45. The summed E-state index contributed by atoms with van der Waals surface area (Å²) in [6.07, 6.45) is 0. The van der Waals surface area contributed by atoms with E-state index in [0.29, 0.717) is 5.69 Å². The fourth-order valence-electron chi connectivity index (χ4n) is 1.34. The van der Waals surface area contributed by atoms with E-state index in [4.69, 9.17) is 0 Å². The first-order valence-corrected chi connectivity index (χ1v) is 8.81. The maximum atomic E-state index is 12.1. The third-order valence-electron chi connectivity index (χ3n) is 2.26. The van der Waals surface area contributed by atoms with Crippen LogP contribution in [0.1, 0.15) is 5.56 Å². The molecule has 2 aromatic rings. The number of halogens is 2. The van der Waals surface area contributed by atoms with Gasteiger partial charge < -0.3 is 0 Å². The Kier molecular flexibility index (Phi) is 4.15. The second kappa shape index (κ2) is 5.32. The van der Waals surface area contributed by atoms with Crippen LogP contribution in [0.15, 0.2) is 42.8 Å². The van der Waals surface area contributed by atoms with Gasteiger partial charge in [-0.3, -0.25) is 4.72 Å². The minimum atomic E-state index is -3.51. The highest BCUT2D eigenvalue weighted by atomic mass is 79.9. The van der Waals surface area contributed by atoms with Gasteiger partial charge in [-0.25, -0.2) is 8.42 Å². The second-order valence-electron chi connectivity index (χ2n) is 3.62.